The lowest BCUT2D eigenvalue weighted by molar-refractivity contribution is -0.137. The van der Waals surface area contributed by atoms with Gasteiger partial charge >= 0.3 is 11.9 Å². The van der Waals surface area contributed by atoms with Crippen LogP contribution in [0.3, 0.4) is 0 Å². The van der Waals surface area contributed by atoms with Crippen LogP contribution >= 0.6 is 0 Å². The van der Waals surface area contributed by atoms with E-state index < -0.39 is 17.4 Å². The third-order valence-corrected chi connectivity index (χ3v) is 4.37. The Morgan fingerprint density at radius 1 is 1.28 bits per heavy atom. The van der Waals surface area contributed by atoms with Gasteiger partial charge in [0.05, 0.1) is 5.57 Å². The minimum absolute atomic E-state index is 0.0871. The summed E-state index contributed by atoms with van der Waals surface area (Å²) in [6.45, 7) is 4.02. The molecule has 0 aliphatic heterocycles. The van der Waals surface area contributed by atoms with Gasteiger partial charge in [-0.2, -0.15) is 0 Å². The smallest absolute Gasteiger partial charge is 0.332 e. The first-order chi connectivity index (χ1) is 8.47. The summed E-state index contributed by atoms with van der Waals surface area (Å²) in [5.41, 5.74) is -0.374. The van der Waals surface area contributed by atoms with Crippen molar-refractivity contribution >= 4 is 11.9 Å². The molecule has 1 aliphatic rings. The molecule has 1 rings (SSSR count). The van der Waals surface area contributed by atoms with Crippen LogP contribution in [0.25, 0.3) is 0 Å². The third-order valence-electron chi connectivity index (χ3n) is 4.37. The molecule has 102 valence electrons. The van der Waals surface area contributed by atoms with E-state index in [9.17, 15) is 14.7 Å². The highest BCUT2D eigenvalue weighted by Gasteiger charge is 2.44. The van der Waals surface area contributed by atoms with E-state index in [1.807, 2.05) is 6.92 Å². The predicted octanol–water partition coefficient (Wildman–Crippen LogP) is 3.08. The average Bonchev–Trinajstić information content (AvgIpc) is 2.35. The first-order valence-electron chi connectivity index (χ1n) is 6.66. The molecule has 2 atom stereocenters. The normalized spacial score (nSPS) is 29.0. The van der Waals surface area contributed by atoms with E-state index >= 15 is 0 Å². The molecular formula is C14H22O4. The zero-order valence-corrected chi connectivity index (χ0v) is 11.1. The van der Waals surface area contributed by atoms with Gasteiger partial charge in [0.2, 0.25) is 0 Å². The van der Waals surface area contributed by atoms with Crippen molar-refractivity contribution in [2.75, 3.05) is 0 Å². The van der Waals surface area contributed by atoms with Gasteiger partial charge in [0, 0.05) is 11.5 Å². The van der Waals surface area contributed by atoms with Crippen molar-refractivity contribution in [1.29, 1.82) is 0 Å². The molecule has 2 N–H and O–H groups in total. The van der Waals surface area contributed by atoms with E-state index in [-0.39, 0.29) is 11.5 Å². The summed E-state index contributed by atoms with van der Waals surface area (Å²) < 4.78 is 0. The summed E-state index contributed by atoms with van der Waals surface area (Å²) >= 11 is 0. The maximum atomic E-state index is 11.4. The molecule has 0 amide bonds. The molecule has 0 saturated heterocycles. The zero-order valence-electron chi connectivity index (χ0n) is 11.1. The van der Waals surface area contributed by atoms with Crippen molar-refractivity contribution in [3.05, 3.63) is 11.6 Å². The highest BCUT2D eigenvalue weighted by molar-refractivity contribution is 5.95. The summed E-state index contributed by atoms with van der Waals surface area (Å²) in [6.07, 6.45) is 6.37. The van der Waals surface area contributed by atoms with Gasteiger partial charge in [-0.1, -0.05) is 33.1 Å². The van der Waals surface area contributed by atoms with Crippen molar-refractivity contribution in [2.24, 2.45) is 11.3 Å². The molecule has 1 saturated carbocycles. The van der Waals surface area contributed by atoms with Gasteiger partial charge < -0.3 is 10.2 Å². The van der Waals surface area contributed by atoms with Crippen molar-refractivity contribution in [2.45, 2.75) is 52.4 Å². The summed E-state index contributed by atoms with van der Waals surface area (Å²) in [5, 5.41) is 18.2. The monoisotopic (exact) mass is 254 g/mol. The van der Waals surface area contributed by atoms with Crippen LogP contribution in [0.2, 0.25) is 0 Å². The molecular weight excluding hydrogens is 232 g/mol. The molecule has 0 aromatic rings. The molecule has 2 unspecified atom stereocenters. The molecule has 0 aromatic heterocycles. The topological polar surface area (TPSA) is 74.6 Å². The maximum Gasteiger partial charge on any atom is 0.332 e. The fourth-order valence-electron chi connectivity index (χ4n) is 3.46. The van der Waals surface area contributed by atoms with Crippen molar-refractivity contribution in [3.8, 4) is 0 Å². The Labute approximate surface area is 108 Å². The Bertz CT molecular complexity index is 359. The van der Waals surface area contributed by atoms with E-state index in [1.165, 1.54) is 0 Å². The highest BCUT2D eigenvalue weighted by atomic mass is 16.4. The second kappa shape index (κ2) is 6.03. The van der Waals surface area contributed by atoms with Crippen LogP contribution < -0.4 is 0 Å². The lowest BCUT2D eigenvalue weighted by Crippen LogP contribution is -2.38. The molecule has 0 bridgehead atoms. The Morgan fingerprint density at radius 3 is 2.39 bits per heavy atom. The minimum atomic E-state index is -1.17. The number of hydrogen-bond donors (Lipinski definition) is 2. The van der Waals surface area contributed by atoms with E-state index in [4.69, 9.17) is 5.11 Å². The van der Waals surface area contributed by atoms with Crippen LogP contribution in [-0.2, 0) is 9.59 Å². The summed E-state index contributed by atoms with van der Waals surface area (Å²) in [4.78, 5) is 22.3. The van der Waals surface area contributed by atoms with Crippen molar-refractivity contribution < 1.29 is 19.8 Å². The van der Waals surface area contributed by atoms with Crippen LogP contribution in [-0.4, -0.2) is 22.2 Å². The number of carboxylic acid groups (broad SMARTS) is 2. The van der Waals surface area contributed by atoms with Gasteiger partial charge in [-0.3, -0.25) is 0 Å². The first-order valence-corrected chi connectivity index (χ1v) is 6.66. The zero-order chi connectivity index (χ0) is 13.8. The fraction of sp³-hybridized carbons (Fsp3) is 0.714. The van der Waals surface area contributed by atoms with Crippen molar-refractivity contribution in [3.63, 3.8) is 0 Å². The standard InChI is InChI=1S/C14H22O4/c1-3-10-7-5-6-8-14(10,4-2)11(13(17)18)9-12(15)16/h9-10H,3-8H2,1-2H3,(H,15,16)(H,17,18)/b11-9+. The van der Waals surface area contributed by atoms with Gasteiger partial charge in [-0.05, 0) is 25.2 Å². The van der Waals surface area contributed by atoms with E-state index in [0.29, 0.717) is 6.42 Å². The number of rotatable bonds is 5. The van der Waals surface area contributed by atoms with Gasteiger partial charge in [-0.15, -0.1) is 0 Å². The van der Waals surface area contributed by atoms with Crippen LogP contribution in [0.5, 0.6) is 0 Å². The van der Waals surface area contributed by atoms with Gasteiger partial charge in [-0.25, -0.2) is 9.59 Å². The Morgan fingerprint density at radius 2 is 1.94 bits per heavy atom. The van der Waals surface area contributed by atoms with Crippen LogP contribution in [0.15, 0.2) is 11.6 Å². The number of hydrogen-bond acceptors (Lipinski definition) is 2. The Kier molecular flexibility index (Phi) is 4.93. The Balaban J connectivity index is 3.24. The lowest BCUT2D eigenvalue weighted by atomic mass is 9.60. The first kappa shape index (κ1) is 14.7. The highest BCUT2D eigenvalue weighted by Crippen LogP contribution is 2.50. The molecule has 1 fully saturated rings. The fourth-order valence-corrected chi connectivity index (χ4v) is 3.46. The maximum absolute atomic E-state index is 11.4. The van der Waals surface area contributed by atoms with Crippen LogP contribution in [0.4, 0.5) is 0 Å². The molecule has 1 aliphatic carbocycles. The summed E-state index contributed by atoms with van der Waals surface area (Å²) in [7, 11) is 0. The molecule has 0 radical (unpaired) electrons. The minimum Gasteiger partial charge on any atom is -0.478 e. The number of aliphatic carboxylic acids is 2. The second-order valence-corrected chi connectivity index (χ2v) is 5.06. The van der Waals surface area contributed by atoms with Crippen molar-refractivity contribution in [1.82, 2.24) is 0 Å². The number of carboxylic acids is 2. The molecule has 0 spiro atoms. The third kappa shape index (κ3) is 2.74. The van der Waals surface area contributed by atoms with E-state index in [0.717, 1.165) is 38.2 Å². The average molecular weight is 254 g/mol. The van der Waals surface area contributed by atoms with E-state index in [1.54, 1.807) is 0 Å². The number of carbonyl (C=O) groups is 2. The quantitative estimate of drug-likeness (QED) is 0.739. The summed E-state index contributed by atoms with van der Waals surface area (Å²) in [5.74, 6) is -1.97. The van der Waals surface area contributed by atoms with Crippen LogP contribution in [0, 0.1) is 11.3 Å². The SMILES string of the molecule is CCC1CCCCC1(CC)/C(=C/C(=O)O)C(=O)O. The van der Waals surface area contributed by atoms with E-state index in [2.05, 4.69) is 6.92 Å². The predicted molar refractivity (Wildman–Crippen MR) is 68.3 cm³/mol. The molecule has 0 heterocycles. The van der Waals surface area contributed by atoms with Gasteiger partial charge in [0.1, 0.15) is 0 Å². The molecule has 0 aromatic carbocycles. The summed E-state index contributed by atoms with van der Waals surface area (Å²) in [6, 6.07) is 0. The van der Waals surface area contributed by atoms with Crippen LogP contribution in [0.1, 0.15) is 52.4 Å². The molecule has 4 heteroatoms. The van der Waals surface area contributed by atoms with Gasteiger partial charge in [0.25, 0.3) is 0 Å². The Hall–Kier alpha value is -1.32. The largest absolute Gasteiger partial charge is 0.478 e. The second-order valence-electron chi connectivity index (χ2n) is 5.06. The lowest BCUT2D eigenvalue weighted by Gasteiger charge is -2.44. The molecule has 4 nitrogen and oxygen atoms in total. The molecule has 18 heavy (non-hydrogen) atoms. The van der Waals surface area contributed by atoms with Gasteiger partial charge in [0.15, 0.2) is 0 Å².